The number of hydrogen-bond donors (Lipinski definition) is 1. The van der Waals surface area contributed by atoms with Gasteiger partial charge in [0, 0.05) is 12.6 Å². The van der Waals surface area contributed by atoms with Gasteiger partial charge in [0.2, 0.25) is 0 Å². The van der Waals surface area contributed by atoms with Gasteiger partial charge in [-0.05, 0) is 18.1 Å². The summed E-state index contributed by atoms with van der Waals surface area (Å²) in [5.74, 6) is 1.99. The minimum Gasteiger partial charge on any atom is -0.493 e. The average Bonchev–Trinajstić information content (AvgIpc) is 2.96. The standard InChI is InChI=1S/C16H21ClN2O3/c1-4-5-12-8-13(22-19-12)10-18-9-11-6-7-14(20-2)16(21-3)15(11)17/h6-8,18H,4-5,9-10H2,1-3H3. The van der Waals surface area contributed by atoms with Crippen LogP contribution in [0.5, 0.6) is 11.5 Å². The molecule has 0 unspecified atom stereocenters. The lowest BCUT2D eigenvalue weighted by Crippen LogP contribution is -2.12. The number of benzene rings is 1. The van der Waals surface area contributed by atoms with Gasteiger partial charge in [-0.15, -0.1) is 0 Å². The SMILES string of the molecule is CCCc1cc(CNCc2ccc(OC)c(OC)c2Cl)on1. The second-order valence-electron chi connectivity index (χ2n) is 4.91. The summed E-state index contributed by atoms with van der Waals surface area (Å²) in [6.07, 6.45) is 1.99. The number of ether oxygens (including phenoxy) is 2. The Balaban J connectivity index is 1.96. The summed E-state index contributed by atoms with van der Waals surface area (Å²) in [6.45, 7) is 3.32. The second kappa shape index (κ2) is 8.06. The van der Waals surface area contributed by atoms with E-state index in [1.165, 1.54) is 0 Å². The normalized spacial score (nSPS) is 10.7. The molecular formula is C16H21ClN2O3. The zero-order valence-corrected chi connectivity index (χ0v) is 13.9. The molecule has 2 aromatic rings. The third kappa shape index (κ3) is 3.93. The number of aryl methyl sites for hydroxylation is 1. The van der Waals surface area contributed by atoms with Crippen LogP contribution in [0.1, 0.15) is 30.4 Å². The first-order chi connectivity index (χ1) is 10.7. The van der Waals surface area contributed by atoms with Crippen molar-refractivity contribution in [3.05, 3.63) is 40.2 Å². The molecule has 0 radical (unpaired) electrons. The van der Waals surface area contributed by atoms with Crippen molar-refractivity contribution in [3.63, 3.8) is 0 Å². The van der Waals surface area contributed by atoms with Crippen LogP contribution in [0, 0.1) is 0 Å². The van der Waals surface area contributed by atoms with Crippen LogP contribution < -0.4 is 14.8 Å². The van der Waals surface area contributed by atoms with Crippen LogP contribution in [0.25, 0.3) is 0 Å². The molecule has 0 spiro atoms. The van der Waals surface area contributed by atoms with E-state index in [2.05, 4.69) is 17.4 Å². The zero-order chi connectivity index (χ0) is 15.9. The first-order valence-electron chi connectivity index (χ1n) is 7.24. The van der Waals surface area contributed by atoms with Crippen molar-refractivity contribution in [3.8, 4) is 11.5 Å². The van der Waals surface area contributed by atoms with Crippen molar-refractivity contribution in [2.24, 2.45) is 0 Å². The molecule has 1 N–H and O–H groups in total. The summed E-state index contributed by atoms with van der Waals surface area (Å²) in [4.78, 5) is 0. The van der Waals surface area contributed by atoms with Gasteiger partial charge < -0.3 is 19.3 Å². The van der Waals surface area contributed by atoms with E-state index in [1.54, 1.807) is 14.2 Å². The Bertz CT molecular complexity index is 613. The van der Waals surface area contributed by atoms with E-state index < -0.39 is 0 Å². The Morgan fingerprint density at radius 1 is 1.23 bits per heavy atom. The fraction of sp³-hybridized carbons (Fsp3) is 0.438. The van der Waals surface area contributed by atoms with Crippen LogP contribution in [-0.4, -0.2) is 19.4 Å². The Morgan fingerprint density at radius 2 is 2.05 bits per heavy atom. The van der Waals surface area contributed by atoms with Gasteiger partial charge in [0.1, 0.15) is 0 Å². The van der Waals surface area contributed by atoms with E-state index in [-0.39, 0.29) is 0 Å². The minimum atomic E-state index is 0.549. The highest BCUT2D eigenvalue weighted by Crippen LogP contribution is 2.37. The molecule has 0 fully saturated rings. The molecule has 6 heteroatoms. The second-order valence-corrected chi connectivity index (χ2v) is 5.29. The molecule has 5 nitrogen and oxygen atoms in total. The molecule has 0 saturated carbocycles. The highest BCUT2D eigenvalue weighted by molar-refractivity contribution is 6.33. The highest BCUT2D eigenvalue weighted by atomic mass is 35.5. The molecule has 0 saturated heterocycles. The molecule has 1 aromatic carbocycles. The van der Waals surface area contributed by atoms with Crippen LogP contribution in [0.3, 0.4) is 0 Å². The van der Waals surface area contributed by atoms with Gasteiger partial charge in [0.05, 0.1) is 31.5 Å². The van der Waals surface area contributed by atoms with Gasteiger partial charge in [-0.2, -0.15) is 0 Å². The lowest BCUT2D eigenvalue weighted by molar-refractivity contribution is 0.354. The van der Waals surface area contributed by atoms with Gasteiger partial charge in [-0.25, -0.2) is 0 Å². The van der Waals surface area contributed by atoms with Crippen molar-refractivity contribution in [2.45, 2.75) is 32.9 Å². The Morgan fingerprint density at radius 3 is 2.73 bits per heavy atom. The Hall–Kier alpha value is -1.72. The molecule has 0 aliphatic heterocycles. The molecular weight excluding hydrogens is 304 g/mol. The monoisotopic (exact) mass is 324 g/mol. The number of methoxy groups -OCH3 is 2. The van der Waals surface area contributed by atoms with Crippen molar-refractivity contribution in [1.29, 1.82) is 0 Å². The third-order valence-electron chi connectivity index (χ3n) is 3.29. The Labute approximate surface area is 135 Å². The number of aromatic nitrogens is 1. The van der Waals surface area contributed by atoms with Crippen LogP contribution in [0.15, 0.2) is 22.7 Å². The van der Waals surface area contributed by atoms with E-state index in [1.807, 2.05) is 18.2 Å². The molecule has 1 aromatic heterocycles. The molecule has 0 amide bonds. The maximum atomic E-state index is 6.34. The predicted octanol–water partition coefficient (Wildman–Crippen LogP) is 3.59. The van der Waals surface area contributed by atoms with Gasteiger partial charge in [0.15, 0.2) is 17.3 Å². The van der Waals surface area contributed by atoms with E-state index in [0.29, 0.717) is 29.6 Å². The molecule has 0 aliphatic rings. The molecule has 0 atom stereocenters. The van der Waals surface area contributed by atoms with Crippen molar-refractivity contribution in [1.82, 2.24) is 10.5 Å². The average molecular weight is 325 g/mol. The maximum absolute atomic E-state index is 6.34. The summed E-state index contributed by atoms with van der Waals surface area (Å²) >= 11 is 6.34. The summed E-state index contributed by atoms with van der Waals surface area (Å²) in [5.41, 5.74) is 1.93. The number of halogens is 1. The molecule has 0 bridgehead atoms. The minimum absolute atomic E-state index is 0.549. The Kier molecular flexibility index (Phi) is 6.10. The molecule has 1 heterocycles. The van der Waals surface area contributed by atoms with Crippen LogP contribution >= 0.6 is 11.6 Å². The predicted molar refractivity (Wildman–Crippen MR) is 85.6 cm³/mol. The zero-order valence-electron chi connectivity index (χ0n) is 13.1. The van der Waals surface area contributed by atoms with E-state index >= 15 is 0 Å². The lowest BCUT2D eigenvalue weighted by atomic mass is 10.2. The van der Waals surface area contributed by atoms with E-state index in [4.69, 9.17) is 25.6 Å². The fourth-order valence-corrected chi connectivity index (χ4v) is 2.50. The van der Waals surface area contributed by atoms with Gasteiger partial charge in [-0.3, -0.25) is 0 Å². The summed E-state index contributed by atoms with van der Waals surface area (Å²) in [6, 6.07) is 5.74. The number of nitrogens with zero attached hydrogens (tertiary/aromatic N) is 1. The third-order valence-corrected chi connectivity index (χ3v) is 3.71. The number of nitrogens with one attached hydrogen (secondary N) is 1. The van der Waals surface area contributed by atoms with Crippen molar-refractivity contribution in [2.75, 3.05) is 14.2 Å². The first-order valence-corrected chi connectivity index (χ1v) is 7.61. The fourth-order valence-electron chi connectivity index (χ4n) is 2.20. The van der Waals surface area contributed by atoms with E-state index in [0.717, 1.165) is 29.9 Å². The molecule has 0 aliphatic carbocycles. The maximum Gasteiger partial charge on any atom is 0.179 e. The quantitative estimate of drug-likeness (QED) is 0.804. The summed E-state index contributed by atoms with van der Waals surface area (Å²) in [5, 5.41) is 7.86. The van der Waals surface area contributed by atoms with Gasteiger partial charge >= 0.3 is 0 Å². The largest absolute Gasteiger partial charge is 0.493 e. The highest BCUT2D eigenvalue weighted by Gasteiger charge is 2.13. The molecule has 120 valence electrons. The number of rotatable bonds is 8. The topological polar surface area (TPSA) is 56.5 Å². The van der Waals surface area contributed by atoms with Crippen molar-refractivity contribution < 1.29 is 14.0 Å². The molecule has 2 rings (SSSR count). The van der Waals surface area contributed by atoms with Gasteiger partial charge in [0.25, 0.3) is 0 Å². The smallest absolute Gasteiger partial charge is 0.179 e. The van der Waals surface area contributed by atoms with Crippen LogP contribution in [0.4, 0.5) is 0 Å². The lowest BCUT2D eigenvalue weighted by Gasteiger charge is -2.13. The number of hydrogen-bond acceptors (Lipinski definition) is 5. The summed E-state index contributed by atoms with van der Waals surface area (Å²) in [7, 11) is 3.16. The van der Waals surface area contributed by atoms with Crippen molar-refractivity contribution >= 4 is 11.6 Å². The first kappa shape index (κ1) is 16.6. The summed E-state index contributed by atoms with van der Waals surface area (Å²) < 4.78 is 15.8. The van der Waals surface area contributed by atoms with Gasteiger partial charge in [-0.1, -0.05) is 36.2 Å². The molecule has 22 heavy (non-hydrogen) atoms. The van der Waals surface area contributed by atoms with E-state index in [9.17, 15) is 0 Å². The van der Waals surface area contributed by atoms with Crippen LogP contribution in [-0.2, 0) is 19.5 Å². The van der Waals surface area contributed by atoms with Crippen LogP contribution in [0.2, 0.25) is 5.02 Å².